The molecule has 1 N–H and O–H groups in total. The quantitative estimate of drug-likeness (QED) is 0.847. The van der Waals surface area contributed by atoms with Crippen LogP contribution in [0.1, 0.15) is 22.3 Å². The SMILES string of the molecule is O=C(NC1CCN(c2ccc(F)cc2)C1=O)c1cccc(C(F)(F)F)c1. The van der Waals surface area contributed by atoms with Gasteiger partial charge in [0.15, 0.2) is 0 Å². The highest BCUT2D eigenvalue weighted by Gasteiger charge is 2.35. The van der Waals surface area contributed by atoms with Crippen molar-refractivity contribution < 1.29 is 27.2 Å². The summed E-state index contributed by atoms with van der Waals surface area (Å²) >= 11 is 0. The number of nitrogens with one attached hydrogen (secondary N) is 1. The van der Waals surface area contributed by atoms with Gasteiger partial charge in [0.2, 0.25) is 5.91 Å². The lowest BCUT2D eigenvalue weighted by atomic mass is 10.1. The molecule has 2 aromatic rings. The van der Waals surface area contributed by atoms with E-state index < -0.39 is 35.4 Å². The molecule has 3 rings (SSSR count). The van der Waals surface area contributed by atoms with E-state index in [0.29, 0.717) is 18.7 Å². The molecule has 0 spiro atoms. The van der Waals surface area contributed by atoms with Crippen molar-refractivity contribution in [1.29, 1.82) is 0 Å². The Morgan fingerprint density at radius 1 is 1.12 bits per heavy atom. The molecule has 2 amide bonds. The predicted octanol–water partition coefficient (Wildman–Crippen LogP) is 3.38. The molecule has 0 aliphatic carbocycles. The Hall–Kier alpha value is -2.90. The molecule has 0 saturated carbocycles. The van der Waals surface area contributed by atoms with E-state index in [1.54, 1.807) is 0 Å². The number of rotatable bonds is 3. The van der Waals surface area contributed by atoms with Crippen LogP contribution < -0.4 is 10.2 Å². The van der Waals surface area contributed by atoms with E-state index in [4.69, 9.17) is 0 Å². The number of anilines is 1. The molecule has 0 radical (unpaired) electrons. The maximum Gasteiger partial charge on any atom is 0.416 e. The minimum atomic E-state index is -4.56. The minimum Gasteiger partial charge on any atom is -0.340 e. The number of alkyl halides is 3. The van der Waals surface area contributed by atoms with Gasteiger partial charge in [0.25, 0.3) is 5.91 Å². The third-order valence-corrected chi connectivity index (χ3v) is 4.10. The first-order valence-corrected chi connectivity index (χ1v) is 7.81. The summed E-state index contributed by atoms with van der Waals surface area (Å²) in [5.74, 6) is -1.58. The Labute approximate surface area is 146 Å². The van der Waals surface area contributed by atoms with Crippen LogP contribution in [0.3, 0.4) is 0 Å². The predicted molar refractivity (Wildman–Crippen MR) is 86.1 cm³/mol. The van der Waals surface area contributed by atoms with Crippen LogP contribution in [-0.2, 0) is 11.0 Å². The van der Waals surface area contributed by atoms with Crippen LogP contribution in [-0.4, -0.2) is 24.4 Å². The fourth-order valence-corrected chi connectivity index (χ4v) is 2.77. The third-order valence-electron chi connectivity index (χ3n) is 4.10. The molecular weight excluding hydrogens is 352 g/mol. The summed E-state index contributed by atoms with van der Waals surface area (Å²) in [5, 5.41) is 2.46. The molecule has 1 atom stereocenters. The number of nitrogens with zero attached hydrogens (tertiary/aromatic N) is 1. The molecule has 1 fully saturated rings. The summed E-state index contributed by atoms with van der Waals surface area (Å²) in [6.07, 6.45) is -4.25. The zero-order valence-corrected chi connectivity index (χ0v) is 13.4. The first kappa shape index (κ1) is 17.9. The van der Waals surface area contributed by atoms with Crippen molar-refractivity contribution in [2.24, 2.45) is 0 Å². The van der Waals surface area contributed by atoms with Crippen molar-refractivity contribution in [2.75, 3.05) is 11.4 Å². The van der Waals surface area contributed by atoms with Gasteiger partial charge in [0.1, 0.15) is 11.9 Å². The molecule has 26 heavy (non-hydrogen) atoms. The second-order valence-electron chi connectivity index (χ2n) is 5.86. The lowest BCUT2D eigenvalue weighted by molar-refractivity contribution is -0.137. The van der Waals surface area contributed by atoms with E-state index in [1.807, 2.05) is 0 Å². The topological polar surface area (TPSA) is 49.4 Å². The zero-order chi connectivity index (χ0) is 18.9. The van der Waals surface area contributed by atoms with Crippen LogP contribution in [0.5, 0.6) is 0 Å². The molecule has 1 aliphatic rings. The average Bonchev–Trinajstić information content (AvgIpc) is 2.96. The number of hydrogen-bond acceptors (Lipinski definition) is 2. The van der Waals surface area contributed by atoms with Crippen LogP contribution in [0, 0.1) is 5.82 Å². The van der Waals surface area contributed by atoms with Gasteiger partial charge in [-0.1, -0.05) is 6.07 Å². The Morgan fingerprint density at radius 3 is 2.46 bits per heavy atom. The van der Waals surface area contributed by atoms with Crippen LogP contribution >= 0.6 is 0 Å². The Kier molecular flexibility index (Phi) is 4.67. The van der Waals surface area contributed by atoms with Gasteiger partial charge in [-0.3, -0.25) is 9.59 Å². The van der Waals surface area contributed by atoms with Gasteiger partial charge >= 0.3 is 6.18 Å². The summed E-state index contributed by atoms with van der Waals surface area (Å²) in [6, 6.07) is 8.49. The Balaban J connectivity index is 1.71. The van der Waals surface area contributed by atoms with Gasteiger partial charge in [0, 0.05) is 17.8 Å². The normalized spacial score (nSPS) is 17.5. The molecule has 2 aromatic carbocycles. The molecule has 1 saturated heterocycles. The van der Waals surface area contributed by atoms with Crippen molar-refractivity contribution in [1.82, 2.24) is 5.32 Å². The number of halogens is 4. The molecule has 4 nitrogen and oxygen atoms in total. The Bertz CT molecular complexity index is 834. The molecule has 1 aliphatic heterocycles. The highest BCUT2D eigenvalue weighted by atomic mass is 19.4. The van der Waals surface area contributed by atoms with Gasteiger partial charge in [-0.25, -0.2) is 4.39 Å². The zero-order valence-electron chi connectivity index (χ0n) is 13.4. The fraction of sp³-hybridized carbons (Fsp3) is 0.222. The molecular formula is C18H14F4N2O2. The fourth-order valence-electron chi connectivity index (χ4n) is 2.77. The van der Waals surface area contributed by atoms with Crippen LogP contribution in [0.2, 0.25) is 0 Å². The number of hydrogen-bond donors (Lipinski definition) is 1. The molecule has 1 unspecified atom stereocenters. The molecule has 1 heterocycles. The lowest BCUT2D eigenvalue weighted by Gasteiger charge is -2.17. The number of carbonyl (C=O) groups is 2. The van der Waals surface area contributed by atoms with Crippen molar-refractivity contribution >= 4 is 17.5 Å². The number of benzene rings is 2. The largest absolute Gasteiger partial charge is 0.416 e. The van der Waals surface area contributed by atoms with Gasteiger partial charge in [-0.15, -0.1) is 0 Å². The van der Waals surface area contributed by atoms with Crippen molar-refractivity contribution in [3.05, 3.63) is 65.5 Å². The molecule has 0 aromatic heterocycles. The molecule has 0 bridgehead atoms. The van der Waals surface area contributed by atoms with Gasteiger partial charge < -0.3 is 10.2 Å². The molecule has 8 heteroatoms. The van der Waals surface area contributed by atoms with E-state index in [2.05, 4.69) is 5.32 Å². The van der Waals surface area contributed by atoms with E-state index in [1.165, 1.54) is 35.2 Å². The maximum atomic E-state index is 13.0. The number of amides is 2. The van der Waals surface area contributed by atoms with E-state index >= 15 is 0 Å². The minimum absolute atomic E-state index is 0.173. The first-order valence-electron chi connectivity index (χ1n) is 7.81. The van der Waals surface area contributed by atoms with Crippen molar-refractivity contribution in [2.45, 2.75) is 18.6 Å². The van der Waals surface area contributed by atoms with Crippen LogP contribution in [0.25, 0.3) is 0 Å². The third kappa shape index (κ3) is 3.68. The van der Waals surface area contributed by atoms with Crippen LogP contribution in [0.15, 0.2) is 48.5 Å². The van der Waals surface area contributed by atoms with Crippen molar-refractivity contribution in [3.8, 4) is 0 Å². The summed E-state index contributed by atoms with van der Waals surface area (Å²) in [7, 11) is 0. The summed E-state index contributed by atoms with van der Waals surface area (Å²) in [4.78, 5) is 26.0. The molecule has 136 valence electrons. The highest BCUT2D eigenvalue weighted by molar-refractivity contribution is 6.03. The summed E-state index contributed by atoms with van der Waals surface area (Å²) in [6.45, 7) is 0.317. The van der Waals surface area contributed by atoms with E-state index in [0.717, 1.165) is 18.2 Å². The standard InChI is InChI=1S/C18H14F4N2O2/c19-13-4-6-14(7-5-13)24-9-8-15(17(24)26)23-16(25)11-2-1-3-12(10-11)18(20,21)22/h1-7,10,15H,8-9H2,(H,23,25). The smallest absolute Gasteiger partial charge is 0.340 e. The Morgan fingerprint density at radius 2 is 1.81 bits per heavy atom. The van der Waals surface area contributed by atoms with Crippen molar-refractivity contribution in [3.63, 3.8) is 0 Å². The summed E-state index contributed by atoms with van der Waals surface area (Å²) in [5.41, 5.74) is -0.615. The monoisotopic (exact) mass is 366 g/mol. The highest BCUT2D eigenvalue weighted by Crippen LogP contribution is 2.29. The van der Waals surface area contributed by atoms with Crippen LogP contribution in [0.4, 0.5) is 23.2 Å². The average molecular weight is 366 g/mol. The first-order chi connectivity index (χ1) is 12.3. The van der Waals surface area contributed by atoms with Gasteiger partial charge in [-0.05, 0) is 48.9 Å². The second-order valence-corrected chi connectivity index (χ2v) is 5.86. The van der Waals surface area contributed by atoms with Gasteiger partial charge in [-0.2, -0.15) is 13.2 Å². The summed E-state index contributed by atoms with van der Waals surface area (Å²) < 4.78 is 51.2. The van der Waals surface area contributed by atoms with E-state index in [-0.39, 0.29) is 5.56 Å². The number of carbonyl (C=O) groups excluding carboxylic acids is 2. The maximum absolute atomic E-state index is 13.0. The van der Waals surface area contributed by atoms with Gasteiger partial charge in [0.05, 0.1) is 5.56 Å². The second kappa shape index (κ2) is 6.78. The lowest BCUT2D eigenvalue weighted by Crippen LogP contribution is -2.41. The van der Waals surface area contributed by atoms with E-state index in [9.17, 15) is 27.2 Å².